The molecule has 5 heteroatoms. The van der Waals surface area contributed by atoms with Crippen molar-refractivity contribution in [1.29, 1.82) is 0 Å². The Kier molecular flexibility index (Phi) is 3.80. The van der Waals surface area contributed by atoms with Gasteiger partial charge < -0.3 is 16.0 Å². The number of hydrogen-bond donors (Lipinski definition) is 2. The molecule has 0 atom stereocenters. The highest BCUT2D eigenvalue weighted by Gasteiger charge is 2.25. The highest BCUT2D eigenvalue weighted by Crippen LogP contribution is 2.28. The minimum Gasteiger partial charge on any atom is -0.394 e. The number of nitrogens with two attached hydrogens (primary N) is 1. The van der Waals surface area contributed by atoms with Gasteiger partial charge in [-0.3, -0.25) is 4.68 Å². The van der Waals surface area contributed by atoms with Gasteiger partial charge in [0, 0.05) is 26.2 Å². The van der Waals surface area contributed by atoms with Crippen molar-refractivity contribution in [3.05, 3.63) is 5.69 Å². The van der Waals surface area contributed by atoms with Crippen LogP contribution in [-0.4, -0.2) is 40.9 Å². The van der Waals surface area contributed by atoms with Crippen LogP contribution in [0.3, 0.4) is 0 Å². The number of aromatic nitrogens is 2. The monoisotopic (exact) mass is 251 g/mol. The van der Waals surface area contributed by atoms with Gasteiger partial charge in [0.2, 0.25) is 0 Å². The number of rotatable bonds is 6. The van der Waals surface area contributed by atoms with Crippen molar-refractivity contribution < 1.29 is 0 Å². The summed E-state index contributed by atoms with van der Waals surface area (Å²) >= 11 is 0. The van der Waals surface area contributed by atoms with Gasteiger partial charge >= 0.3 is 0 Å². The average molecular weight is 251 g/mol. The second-order valence-corrected chi connectivity index (χ2v) is 5.56. The van der Waals surface area contributed by atoms with E-state index >= 15 is 0 Å². The summed E-state index contributed by atoms with van der Waals surface area (Å²) in [5.41, 5.74) is 7.91. The molecule has 0 unspecified atom stereocenters. The maximum atomic E-state index is 6.13. The summed E-state index contributed by atoms with van der Waals surface area (Å²) in [7, 11) is 4.13. The van der Waals surface area contributed by atoms with Crippen molar-refractivity contribution in [2.45, 2.75) is 38.6 Å². The van der Waals surface area contributed by atoms with Crippen molar-refractivity contribution >= 4 is 11.5 Å². The predicted octanol–water partition coefficient (Wildman–Crippen LogP) is 1.63. The number of nitrogens with zero attached hydrogens (tertiary/aromatic N) is 3. The van der Waals surface area contributed by atoms with Gasteiger partial charge in [-0.2, -0.15) is 5.10 Å². The number of nitrogens with one attached hydrogen (secondary N) is 1. The molecular formula is C13H25N5. The van der Waals surface area contributed by atoms with Crippen LogP contribution in [0, 0.1) is 0 Å². The molecule has 1 aromatic rings. The molecule has 1 fully saturated rings. The predicted molar refractivity (Wildman–Crippen MR) is 75.9 cm³/mol. The molecule has 1 aromatic heterocycles. The van der Waals surface area contributed by atoms with E-state index in [4.69, 9.17) is 5.73 Å². The molecule has 0 bridgehead atoms. The first-order valence-electron chi connectivity index (χ1n) is 6.77. The third-order valence-corrected chi connectivity index (χ3v) is 3.59. The number of anilines is 2. The molecule has 18 heavy (non-hydrogen) atoms. The molecule has 0 amide bonds. The Bertz CT molecular complexity index is 406. The Morgan fingerprint density at radius 3 is 2.67 bits per heavy atom. The lowest BCUT2D eigenvalue weighted by Gasteiger charge is -2.16. The third kappa shape index (κ3) is 2.77. The van der Waals surface area contributed by atoms with Crippen LogP contribution in [0.15, 0.2) is 0 Å². The number of likely N-dealkylation sites (N-methyl/N-ethyl adjacent to an activating group) is 1. The molecule has 0 spiro atoms. The standard InChI is InChI=1S/C13H25N5/c1-9(2)12-11(14)13(18(4)16-12)15-7-8-17(3)10-5-6-10/h9-10,15H,5-8,14H2,1-4H3. The molecule has 1 aliphatic rings. The quantitative estimate of drug-likeness (QED) is 0.807. The van der Waals surface area contributed by atoms with Crippen molar-refractivity contribution in [3.8, 4) is 0 Å². The molecule has 1 saturated carbocycles. The Morgan fingerprint density at radius 2 is 2.17 bits per heavy atom. The first-order valence-corrected chi connectivity index (χ1v) is 6.77. The smallest absolute Gasteiger partial charge is 0.147 e. The fourth-order valence-electron chi connectivity index (χ4n) is 2.25. The zero-order chi connectivity index (χ0) is 13.3. The zero-order valence-corrected chi connectivity index (χ0v) is 11.9. The third-order valence-electron chi connectivity index (χ3n) is 3.59. The molecule has 1 heterocycles. The van der Waals surface area contributed by atoms with Crippen LogP contribution in [0.25, 0.3) is 0 Å². The van der Waals surface area contributed by atoms with Crippen LogP contribution >= 0.6 is 0 Å². The summed E-state index contributed by atoms with van der Waals surface area (Å²) in [6, 6.07) is 0.807. The van der Waals surface area contributed by atoms with Crippen LogP contribution in [0.5, 0.6) is 0 Å². The number of hydrogen-bond acceptors (Lipinski definition) is 4. The Labute approximate surface area is 109 Å². The normalized spacial score (nSPS) is 15.7. The van der Waals surface area contributed by atoms with E-state index in [-0.39, 0.29) is 0 Å². The van der Waals surface area contributed by atoms with E-state index in [1.54, 1.807) is 0 Å². The second kappa shape index (κ2) is 5.18. The SMILES string of the molecule is CC(C)c1nn(C)c(NCCN(C)C2CC2)c1N. The maximum absolute atomic E-state index is 6.13. The van der Waals surface area contributed by atoms with Gasteiger partial charge in [0.25, 0.3) is 0 Å². The first kappa shape index (κ1) is 13.2. The van der Waals surface area contributed by atoms with Gasteiger partial charge in [0.05, 0.1) is 11.4 Å². The molecule has 3 N–H and O–H groups in total. The van der Waals surface area contributed by atoms with Gasteiger partial charge in [-0.1, -0.05) is 13.8 Å². The van der Waals surface area contributed by atoms with Gasteiger partial charge in [-0.05, 0) is 25.8 Å². The van der Waals surface area contributed by atoms with E-state index in [0.717, 1.165) is 36.3 Å². The van der Waals surface area contributed by atoms with Crippen LogP contribution in [0.2, 0.25) is 0 Å². The highest BCUT2D eigenvalue weighted by molar-refractivity contribution is 5.65. The first-order chi connectivity index (χ1) is 8.50. The van der Waals surface area contributed by atoms with E-state index in [0.29, 0.717) is 5.92 Å². The highest BCUT2D eigenvalue weighted by atomic mass is 15.3. The van der Waals surface area contributed by atoms with Gasteiger partial charge in [-0.25, -0.2) is 0 Å². The van der Waals surface area contributed by atoms with Crippen LogP contribution < -0.4 is 11.1 Å². The maximum Gasteiger partial charge on any atom is 0.147 e. The molecule has 0 aliphatic heterocycles. The molecular weight excluding hydrogens is 226 g/mol. The van der Waals surface area contributed by atoms with Crippen LogP contribution in [0.1, 0.15) is 38.3 Å². The Hall–Kier alpha value is -1.23. The van der Waals surface area contributed by atoms with Crippen molar-refractivity contribution in [3.63, 3.8) is 0 Å². The molecule has 0 saturated heterocycles. The summed E-state index contributed by atoms with van der Waals surface area (Å²) in [6.07, 6.45) is 2.70. The number of aryl methyl sites for hydroxylation is 1. The topological polar surface area (TPSA) is 59.1 Å². The number of nitrogen functional groups attached to an aromatic ring is 1. The van der Waals surface area contributed by atoms with Gasteiger partial charge in [0.15, 0.2) is 0 Å². The molecule has 102 valence electrons. The lowest BCUT2D eigenvalue weighted by Crippen LogP contribution is -2.27. The van der Waals surface area contributed by atoms with E-state index in [1.165, 1.54) is 12.8 Å². The second-order valence-electron chi connectivity index (χ2n) is 5.56. The van der Waals surface area contributed by atoms with Crippen LogP contribution in [-0.2, 0) is 7.05 Å². The fraction of sp³-hybridized carbons (Fsp3) is 0.769. The molecule has 2 rings (SSSR count). The van der Waals surface area contributed by atoms with E-state index in [1.807, 2.05) is 11.7 Å². The van der Waals surface area contributed by atoms with Crippen molar-refractivity contribution in [1.82, 2.24) is 14.7 Å². The molecule has 0 radical (unpaired) electrons. The summed E-state index contributed by atoms with van der Waals surface area (Å²) in [4.78, 5) is 2.41. The van der Waals surface area contributed by atoms with Crippen molar-refractivity contribution in [2.24, 2.45) is 7.05 Å². The van der Waals surface area contributed by atoms with Gasteiger partial charge in [-0.15, -0.1) is 0 Å². The molecule has 5 nitrogen and oxygen atoms in total. The average Bonchev–Trinajstić information content (AvgIpc) is 3.10. The minimum atomic E-state index is 0.362. The van der Waals surface area contributed by atoms with Crippen LogP contribution in [0.4, 0.5) is 11.5 Å². The minimum absolute atomic E-state index is 0.362. The van der Waals surface area contributed by atoms with Gasteiger partial charge in [0.1, 0.15) is 5.82 Å². The van der Waals surface area contributed by atoms with E-state index in [9.17, 15) is 0 Å². The summed E-state index contributed by atoms with van der Waals surface area (Å²) < 4.78 is 1.85. The van der Waals surface area contributed by atoms with E-state index in [2.05, 4.69) is 36.2 Å². The zero-order valence-electron chi connectivity index (χ0n) is 11.9. The van der Waals surface area contributed by atoms with E-state index < -0.39 is 0 Å². The summed E-state index contributed by atoms with van der Waals surface area (Å²) in [5.74, 6) is 1.31. The Balaban J connectivity index is 1.92. The lowest BCUT2D eigenvalue weighted by atomic mass is 10.1. The largest absolute Gasteiger partial charge is 0.394 e. The fourth-order valence-corrected chi connectivity index (χ4v) is 2.25. The summed E-state index contributed by atoms with van der Waals surface area (Å²) in [6.45, 7) is 6.19. The molecule has 1 aliphatic carbocycles. The van der Waals surface area contributed by atoms with Crippen molar-refractivity contribution in [2.75, 3.05) is 31.2 Å². The summed E-state index contributed by atoms with van der Waals surface area (Å²) in [5, 5.41) is 7.87. The Morgan fingerprint density at radius 1 is 1.50 bits per heavy atom. The lowest BCUT2D eigenvalue weighted by molar-refractivity contribution is 0.337. The molecule has 0 aromatic carbocycles.